The summed E-state index contributed by atoms with van der Waals surface area (Å²) in [6.45, 7) is -0.236. The standard InChI is InChI=1S/C17H17F2NO3S/c18-14-5-6-16(15(19)9-14)24(22,23)20-11-17(21)8-7-12-3-1-2-4-13(12)10-17/h1-6,9,20-21H,7-8,10-11H2. The summed E-state index contributed by atoms with van der Waals surface area (Å²) in [5.74, 6) is -2.02. The summed E-state index contributed by atoms with van der Waals surface area (Å²) in [5, 5.41) is 10.7. The summed E-state index contributed by atoms with van der Waals surface area (Å²) in [5.41, 5.74) is 0.866. The van der Waals surface area contributed by atoms with Crippen molar-refractivity contribution in [1.82, 2.24) is 4.72 Å². The molecule has 0 aliphatic heterocycles. The van der Waals surface area contributed by atoms with E-state index in [9.17, 15) is 22.3 Å². The average molecular weight is 353 g/mol. The Kier molecular flexibility index (Phi) is 4.42. The lowest BCUT2D eigenvalue weighted by Crippen LogP contribution is -2.46. The molecule has 0 aromatic heterocycles. The molecule has 1 aliphatic carbocycles. The zero-order valence-electron chi connectivity index (χ0n) is 12.8. The molecular weight excluding hydrogens is 336 g/mol. The number of halogens is 2. The van der Waals surface area contributed by atoms with Crippen LogP contribution in [0.4, 0.5) is 8.78 Å². The number of aliphatic hydroxyl groups is 1. The van der Waals surface area contributed by atoms with Crippen molar-refractivity contribution < 1.29 is 22.3 Å². The third-order valence-corrected chi connectivity index (χ3v) is 5.71. The Balaban J connectivity index is 1.75. The van der Waals surface area contributed by atoms with E-state index in [2.05, 4.69) is 4.72 Å². The lowest BCUT2D eigenvalue weighted by atomic mass is 9.80. The quantitative estimate of drug-likeness (QED) is 0.885. The van der Waals surface area contributed by atoms with Crippen LogP contribution in [0.2, 0.25) is 0 Å². The highest BCUT2D eigenvalue weighted by Crippen LogP contribution is 2.28. The Morgan fingerprint density at radius 1 is 1.12 bits per heavy atom. The highest BCUT2D eigenvalue weighted by molar-refractivity contribution is 7.89. The first kappa shape index (κ1) is 17.0. The summed E-state index contributed by atoms with van der Waals surface area (Å²) in [7, 11) is -4.17. The highest BCUT2D eigenvalue weighted by Gasteiger charge is 2.33. The van der Waals surface area contributed by atoms with Gasteiger partial charge in [0.1, 0.15) is 16.5 Å². The smallest absolute Gasteiger partial charge is 0.243 e. The Labute approximate surface area is 139 Å². The average Bonchev–Trinajstić information content (AvgIpc) is 2.53. The fourth-order valence-corrected chi connectivity index (χ4v) is 4.11. The van der Waals surface area contributed by atoms with Crippen molar-refractivity contribution in [2.45, 2.75) is 29.8 Å². The number of fused-ring (bicyclic) bond motifs is 1. The van der Waals surface area contributed by atoms with Gasteiger partial charge in [-0.15, -0.1) is 0 Å². The van der Waals surface area contributed by atoms with E-state index in [0.29, 0.717) is 25.3 Å². The van der Waals surface area contributed by atoms with Crippen molar-refractivity contribution in [3.63, 3.8) is 0 Å². The molecule has 0 saturated heterocycles. The molecule has 0 saturated carbocycles. The molecule has 0 fully saturated rings. The first-order chi connectivity index (χ1) is 11.3. The number of aryl methyl sites for hydroxylation is 1. The van der Waals surface area contributed by atoms with Crippen molar-refractivity contribution >= 4 is 10.0 Å². The molecule has 1 unspecified atom stereocenters. The van der Waals surface area contributed by atoms with Gasteiger partial charge in [0.15, 0.2) is 0 Å². The molecule has 1 atom stereocenters. The number of hydrogen-bond acceptors (Lipinski definition) is 3. The van der Waals surface area contributed by atoms with E-state index in [1.54, 1.807) is 0 Å². The van der Waals surface area contributed by atoms with Crippen molar-refractivity contribution in [1.29, 1.82) is 0 Å². The fourth-order valence-electron chi connectivity index (χ4n) is 2.94. The Morgan fingerprint density at radius 3 is 2.54 bits per heavy atom. The van der Waals surface area contributed by atoms with Gasteiger partial charge < -0.3 is 5.11 Å². The number of sulfonamides is 1. The maximum absolute atomic E-state index is 13.7. The molecule has 0 radical (unpaired) electrons. The van der Waals surface area contributed by atoms with Crippen LogP contribution in [0.15, 0.2) is 47.4 Å². The van der Waals surface area contributed by atoms with Gasteiger partial charge in [-0.25, -0.2) is 21.9 Å². The van der Waals surface area contributed by atoms with Gasteiger partial charge in [0, 0.05) is 19.0 Å². The number of benzene rings is 2. The van der Waals surface area contributed by atoms with Crippen molar-refractivity contribution in [2.24, 2.45) is 0 Å². The second-order valence-corrected chi connectivity index (χ2v) is 7.80. The SMILES string of the molecule is O=S(=O)(NCC1(O)CCc2ccccc2C1)c1ccc(F)cc1F. The van der Waals surface area contributed by atoms with Gasteiger partial charge in [-0.05, 0) is 36.1 Å². The van der Waals surface area contributed by atoms with Crippen molar-refractivity contribution in [3.8, 4) is 0 Å². The van der Waals surface area contributed by atoms with Gasteiger partial charge in [-0.3, -0.25) is 0 Å². The van der Waals surface area contributed by atoms with Crippen molar-refractivity contribution in [3.05, 3.63) is 65.2 Å². The second-order valence-electron chi connectivity index (χ2n) is 6.07. The van der Waals surface area contributed by atoms with E-state index in [1.165, 1.54) is 0 Å². The fraction of sp³-hybridized carbons (Fsp3) is 0.294. The second kappa shape index (κ2) is 6.23. The first-order valence-corrected chi connectivity index (χ1v) is 9.01. The Bertz CT molecular complexity index is 870. The third kappa shape index (κ3) is 3.48. The van der Waals surface area contributed by atoms with Crippen LogP contribution in [0, 0.1) is 11.6 Å². The summed E-state index contributed by atoms with van der Waals surface area (Å²) in [6.07, 6.45) is 1.36. The largest absolute Gasteiger partial charge is 0.388 e. The van der Waals surface area contributed by atoms with Crippen LogP contribution >= 0.6 is 0 Å². The molecule has 3 rings (SSSR count). The Hall–Kier alpha value is -1.83. The normalized spacial score (nSPS) is 20.6. The monoisotopic (exact) mass is 353 g/mol. The van der Waals surface area contributed by atoms with E-state index < -0.39 is 32.2 Å². The third-order valence-electron chi connectivity index (χ3n) is 4.27. The predicted molar refractivity (Wildman–Crippen MR) is 85.0 cm³/mol. The minimum atomic E-state index is -4.17. The molecule has 24 heavy (non-hydrogen) atoms. The van der Waals surface area contributed by atoms with Gasteiger partial charge in [-0.2, -0.15) is 0 Å². The van der Waals surface area contributed by atoms with Gasteiger partial charge >= 0.3 is 0 Å². The molecule has 0 heterocycles. The van der Waals surface area contributed by atoms with Gasteiger partial charge in [0.05, 0.1) is 5.60 Å². The predicted octanol–water partition coefficient (Wildman–Crippen LogP) is 2.16. The maximum atomic E-state index is 13.7. The van der Waals surface area contributed by atoms with Crippen LogP contribution in [-0.4, -0.2) is 25.7 Å². The van der Waals surface area contributed by atoms with E-state index in [-0.39, 0.29) is 6.54 Å². The van der Waals surface area contributed by atoms with Crippen LogP contribution in [-0.2, 0) is 22.9 Å². The molecule has 4 nitrogen and oxygen atoms in total. The highest BCUT2D eigenvalue weighted by atomic mass is 32.2. The number of rotatable bonds is 4. The number of hydrogen-bond donors (Lipinski definition) is 2. The lowest BCUT2D eigenvalue weighted by Gasteiger charge is -2.33. The van der Waals surface area contributed by atoms with E-state index in [1.807, 2.05) is 24.3 Å². The van der Waals surface area contributed by atoms with Gasteiger partial charge in [-0.1, -0.05) is 24.3 Å². The van der Waals surface area contributed by atoms with E-state index in [4.69, 9.17) is 0 Å². The van der Waals surface area contributed by atoms with Gasteiger partial charge in [0.2, 0.25) is 10.0 Å². The molecule has 0 bridgehead atoms. The maximum Gasteiger partial charge on any atom is 0.243 e. The molecule has 7 heteroatoms. The summed E-state index contributed by atoms with van der Waals surface area (Å²) < 4.78 is 53.3. The molecule has 2 aromatic carbocycles. The summed E-state index contributed by atoms with van der Waals surface area (Å²) in [4.78, 5) is -0.635. The molecule has 2 aromatic rings. The summed E-state index contributed by atoms with van der Waals surface area (Å²) in [6, 6.07) is 9.92. The van der Waals surface area contributed by atoms with Crippen LogP contribution in [0.25, 0.3) is 0 Å². The molecule has 128 valence electrons. The van der Waals surface area contributed by atoms with E-state index in [0.717, 1.165) is 23.3 Å². The van der Waals surface area contributed by atoms with Crippen molar-refractivity contribution in [2.75, 3.05) is 6.54 Å². The van der Waals surface area contributed by atoms with Crippen LogP contribution < -0.4 is 4.72 Å². The minimum Gasteiger partial charge on any atom is -0.388 e. The molecule has 2 N–H and O–H groups in total. The molecule has 0 spiro atoms. The number of nitrogens with one attached hydrogen (secondary N) is 1. The van der Waals surface area contributed by atoms with Crippen LogP contribution in [0.3, 0.4) is 0 Å². The zero-order valence-corrected chi connectivity index (χ0v) is 13.6. The molecule has 1 aliphatic rings. The zero-order chi connectivity index (χ0) is 17.4. The minimum absolute atomic E-state index is 0.236. The van der Waals surface area contributed by atoms with E-state index >= 15 is 0 Å². The molecule has 0 amide bonds. The van der Waals surface area contributed by atoms with Crippen LogP contribution in [0.5, 0.6) is 0 Å². The van der Waals surface area contributed by atoms with Gasteiger partial charge in [0.25, 0.3) is 0 Å². The lowest BCUT2D eigenvalue weighted by molar-refractivity contribution is 0.0317. The topological polar surface area (TPSA) is 66.4 Å². The van der Waals surface area contributed by atoms with Crippen LogP contribution in [0.1, 0.15) is 17.5 Å². The first-order valence-electron chi connectivity index (χ1n) is 7.53. The summed E-state index contributed by atoms with van der Waals surface area (Å²) >= 11 is 0. The Morgan fingerprint density at radius 2 is 1.83 bits per heavy atom. The molecular formula is C17H17F2NO3S.